The highest BCUT2D eigenvalue weighted by Gasteiger charge is 2.87. The number of esters is 4. The first-order valence-corrected chi connectivity index (χ1v) is 12.4. The Morgan fingerprint density at radius 3 is 2.22 bits per heavy atom. The van der Waals surface area contributed by atoms with E-state index in [9.17, 15) is 19.2 Å². The Bertz CT molecular complexity index is 981. The number of fused-ring (bicyclic) bond motifs is 2. The average molecular weight is 509 g/mol. The molecule has 0 N–H and O–H groups in total. The zero-order valence-corrected chi connectivity index (χ0v) is 22.0. The first kappa shape index (κ1) is 26.6. The summed E-state index contributed by atoms with van der Waals surface area (Å²) in [6, 6.07) is 0. The van der Waals surface area contributed by atoms with Crippen LogP contribution in [0.2, 0.25) is 0 Å². The van der Waals surface area contributed by atoms with Gasteiger partial charge in [0.2, 0.25) is 0 Å². The van der Waals surface area contributed by atoms with Gasteiger partial charge in [0.1, 0.15) is 24.4 Å². The summed E-state index contributed by atoms with van der Waals surface area (Å²) in [5.41, 5.74) is -2.15. The molecule has 3 fully saturated rings. The Balaban J connectivity index is 1.83. The van der Waals surface area contributed by atoms with E-state index in [-0.39, 0.29) is 31.3 Å². The van der Waals surface area contributed by atoms with Crippen LogP contribution in [0.3, 0.4) is 0 Å². The Morgan fingerprint density at radius 2 is 1.69 bits per heavy atom. The number of rotatable bonds is 7. The predicted octanol–water partition coefficient (Wildman–Crippen LogP) is 2.26. The van der Waals surface area contributed by atoms with Crippen molar-refractivity contribution in [2.45, 2.75) is 97.4 Å². The van der Waals surface area contributed by atoms with Crippen molar-refractivity contribution in [2.75, 3.05) is 13.2 Å². The second kappa shape index (κ2) is 9.13. The van der Waals surface area contributed by atoms with E-state index in [0.29, 0.717) is 6.61 Å². The first-order valence-electron chi connectivity index (χ1n) is 12.4. The molecule has 2 aliphatic carbocycles. The number of carbonyl (C=O) groups is 4. The molecular formula is C26H36O10. The van der Waals surface area contributed by atoms with Crippen molar-refractivity contribution in [2.24, 2.45) is 16.7 Å². The van der Waals surface area contributed by atoms with Gasteiger partial charge in [-0.15, -0.1) is 0 Å². The molecule has 8 atom stereocenters. The van der Waals surface area contributed by atoms with Gasteiger partial charge in [-0.1, -0.05) is 26.8 Å². The highest BCUT2D eigenvalue weighted by atomic mass is 16.7. The SMILES string of the molecule is CC(=O)OC[C@]12C[C@H](OC(=O)CC(C)C)C(C)=CC1OC1[C@H](OC(C)=O)[C@@H](OC(C)=O)C2(C)C12CO2. The molecule has 10 heteroatoms. The van der Waals surface area contributed by atoms with Crippen molar-refractivity contribution in [1.29, 1.82) is 0 Å². The summed E-state index contributed by atoms with van der Waals surface area (Å²) >= 11 is 0. The molecule has 2 saturated heterocycles. The number of ether oxygens (including phenoxy) is 6. The smallest absolute Gasteiger partial charge is 0.306 e. The van der Waals surface area contributed by atoms with Crippen LogP contribution < -0.4 is 0 Å². The van der Waals surface area contributed by atoms with E-state index in [1.165, 1.54) is 20.8 Å². The number of carbonyl (C=O) groups excluding carboxylic acids is 4. The van der Waals surface area contributed by atoms with E-state index in [1.807, 2.05) is 33.8 Å². The van der Waals surface area contributed by atoms with Gasteiger partial charge in [-0.25, -0.2) is 0 Å². The van der Waals surface area contributed by atoms with Crippen LogP contribution in [0.5, 0.6) is 0 Å². The summed E-state index contributed by atoms with van der Waals surface area (Å²) in [6.07, 6.45) is -1.38. The van der Waals surface area contributed by atoms with Gasteiger partial charge in [0.25, 0.3) is 0 Å². The molecule has 2 bridgehead atoms. The normalized spacial score (nSPS) is 40.2. The minimum Gasteiger partial charge on any atom is -0.465 e. The Labute approximate surface area is 210 Å². The van der Waals surface area contributed by atoms with Crippen molar-refractivity contribution in [1.82, 2.24) is 0 Å². The van der Waals surface area contributed by atoms with Crippen molar-refractivity contribution in [3.05, 3.63) is 11.6 Å². The number of hydrogen-bond donors (Lipinski definition) is 0. The number of epoxide rings is 1. The lowest BCUT2D eigenvalue weighted by Crippen LogP contribution is -2.68. The predicted molar refractivity (Wildman–Crippen MR) is 123 cm³/mol. The molecule has 0 aromatic rings. The van der Waals surface area contributed by atoms with E-state index in [0.717, 1.165) is 5.57 Å². The van der Waals surface area contributed by atoms with Crippen LogP contribution in [-0.4, -0.2) is 73.2 Å². The molecule has 1 saturated carbocycles. The molecule has 4 unspecified atom stereocenters. The topological polar surface area (TPSA) is 127 Å². The Morgan fingerprint density at radius 1 is 1.06 bits per heavy atom. The average Bonchev–Trinajstić information content (AvgIpc) is 3.52. The second-order valence-electron chi connectivity index (χ2n) is 11.1. The van der Waals surface area contributed by atoms with Gasteiger partial charge in [0.05, 0.1) is 23.5 Å². The van der Waals surface area contributed by atoms with Crippen molar-refractivity contribution >= 4 is 23.9 Å². The summed E-state index contributed by atoms with van der Waals surface area (Å²) in [7, 11) is 0. The zero-order chi connectivity index (χ0) is 26.6. The van der Waals surface area contributed by atoms with Crippen LogP contribution in [0, 0.1) is 16.7 Å². The Kier molecular flexibility index (Phi) is 6.75. The molecule has 2 aliphatic heterocycles. The molecule has 4 rings (SSSR count). The lowest BCUT2D eigenvalue weighted by Gasteiger charge is -2.58. The third-order valence-corrected chi connectivity index (χ3v) is 8.28. The standard InChI is InChI=1S/C26H36O10/c1-13(2)8-20(30)35-18-10-25(11-31-15(4)27)19(9-14(18)3)36-23-21(33-16(5)28)22(34-17(6)29)24(25,7)26(23)12-32-26/h9,13,18-19,21-23H,8,10-12H2,1-7H3/t18-,19?,21+,22+,23?,24?,25+,26?/m0/s1. The quantitative estimate of drug-likeness (QED) is 0.219. The summed E-state index contributed by atoms with van der Waals surface area (Å²) in [6.45, 7) is 11.7. The van der Waals surface area contributed by atoms with Crippen molar-refractivity contribution in [3.63, 3.8) is 0 Å². The summed E-state index contributed by atoms with van der Waals surface area (Å²) in [5.74, 6) is -1.79. The van der Waals surface area contributed by atoms with Crippen LogP contribution in [-0.2, 0) is 47.6 Å². The van der Waals surface area contributed by atoms with Crippen LogP contribution >= 0.6 is 0 Å². The highest BCUT2D eigenvalue weighted by molar-refractivity contribution is 5.70. The third kappa shape index (κ3) is 4.02. The first-order chi connectivity index (χ1) is 16.8. The third-order valence-electron chi connectivity index (χ3n) is 8.28. The van der Waals surface area contributed by atoms with Gasteiger partial charge >= 0.3 is 23.9 Å². The molecule has 2 heterocycles. The van der Waals surface area contributed by atoms with E-state index >= 15 is 0 Å². The fraction of sp³-hybridized carbons (Fsp3) is 0.769. The minimum atomic E-state index is -1.01. The summed E-state index contributed by atoms with van der Waals surface area (Å²) in [4.78, 5) is 49.0. The van der Waals surface area contributed by atoms with Gasteiger partial charge in [0, 0.05) is 33.6 Å². The van der Waals surface area contributed by atoms with Crippen LogP contribution in [0.1, 0.15) is 61.3 Å². The van der Waals surface area contributed by atoms with Gasteiger partial charge in [0.15, 0.2) is 12.2 Å². The highest BCUT2D eigenvalue weighted by Crippen LogP contribution is 2.72. The van der Waals surface area contributed by atoms with Gasteiger partial charge in [-0.05, 0) is 18.4 Å². The molecule has 4 aliphatic rings. The zero-order valence-electron chi connectivity index (χ0n) is 22.0. The lowest BCUT2D eigenvalue weighted by atomic mass is 9.51. The molecule has 0 radical (unpaired) electrons. The molecule has 0 aromatic heterocycles. The fourth-order valence-corrected chi connectivity index (χ4v) is 6.55. The van der Waals surface area contributed by atoms with E-state index in [1.54, 1.807) is 0 Å². The maximum absolute atomic E-state index is 12.6. The molecule has 36 heavy (non-hydrogen) atoms. The molecule has 1 spiro atoms. The van der Waals surface area contributed by atoms with E-state index in [2.05, 4.69) is 0 Å². The minimum absolute atomic E-state index is 0.0894. The number of hydrogen-bond acceptors (Lipinski definition) is 10. The molecule has 200 valence electrons. The van der Waals surface area contributed by atoms with Crippen LogP contribution in [0.25, 0.3) is 0 Å². The molecular weight excluding hydrogens is 472 g/mol. The second-order valence-corrected chi connectivity index (χ2v) is 11.1. The summed E-state index contributed by atoms with van der Waals surface area (Å²) < 4.78 is 35.7. The van der Waals surface area contributed by atoms with E-state index in [4.69, 9.17) is 28.4 Å². The molecule has 0 aromatic carbocycles. The van der Waals surface area contributed by atoms with Crippen LogP contribution in [0.4, 0.5) is 0 Å². The maximum atomic E-state index is 12.6. The molecule has 0 amide bonds. The molecule has 10 nitrogen and oxygen atoms in total. The van der Waals surface area contributed by atoms with Crippen molar-refractivity contribution < 1.29 is 47.6 Å². The summed E-state index contributed by atoms with van der Waals surface area (Å²) in [5, 5.41) is 0. The fourth-order valence-electron chi connectivity index (χ4n) is 6.55. The van der Waals surface area contributed by atoms with Crippen molar-refractivity contribution in [3.8, 4) is 0 Å². The Hall–Kier alpha value is -2.46. The van der Waals surface area contributed by atoms with Crippen LogP contribution in [0.15, 0.2) is 11.6 Å². The van der Waals surface area contributed by atoms with Gasteiger partial charge in [-0.2, -0.15) is 0 Å². The van der Waals surface area contributed by atoms with Gasteiger partial charge < -0.3 is 28.4 Å². The maximum Gasteiger partial charge on any atom is 0.306 e. The largest absolute Gasteiger partial charge is 0.465 e. The van der Waals surface area contributed by atoms with E-state index < -0.39 is 64.9 Å². The van der Waals surface area contributed by atoms with Gasteiger partial charge in [-0.3, -0.25) is 19.2 Å². The monoisotopic (exact) mass is 508 g/mol. The lowest BCUT2D eigenvalue weighted by molar-refractivity contribution is -0.241.